The van der Waals surface area contributed by atoms with Gasteiger partial charge in [0.25, 0.3) is 0 Å². The topological polar surface area (TPSA) is 43.1 Å². The monoisotopic (exact) mass is 225 g/mol. The molecule has 0 fully saturated rings. The second-order valence-electron chi connectivity index (χ2n) is 4.27. The van der Waals surface area contributed by atoms with Crippen molar-refractivity contribution in [2.24, 2.45) is 0 Å². The summed E-state index contributed by atoms with van der Waals surface area (Å²) in [5.74, 6) is 0.539. The number of hydrogen-bond donors (Lipinski definition) is 0. The Morgan fingerprint density at radius 3 is 2.76 bits per heavy atom. The molecule has 3 heteroatoms. The van der Waals surface area contributed by atoms with Crippen LogP contribution >= 0.6 is 0 Å². The van der Waals surface area contributed by atoms with Crippen molar-refractivity contribution in [1.82, 2.24) is 4.98 Å². The van der Waals surface area contributed by atoms with Crippen molar-refractivity contribution in [3.8, 4) is 11.5 Å². The quantitative estimate of drug-likeness (QED) is 0.552. The second kappa shape index (κ2) is 3.42. The lowest BCUT2D eigenvalue weighted by Crippen LogP contribution is -2.05. The maximum absolute atomic E-state index is 11.5. The van der Waals surface area contributed by atoms with Crippen LogP contribution in [0.3, 0.4) is 0 Å². The second-order valence-corrected chi connectivity index (χ2v) is 4.27. The Kier molecular flexibility index (Phi) is 2.01. The zero-order valence-electron chi connectivity index (χ0n) is 9.65. The zero-order valence-corrected chi connectivity index (χ0v) is 9.65. The van der Waals surface area contributed by atoms with Gasteiger partial charge in [-0.2, -0.15) is 0 Å². The van der Waals surface area contributed by atoms with E-state index in [4.69, 9.17) is 4.42 Å². The number of nitrogens with zero attached hydrogens (tertiary/aromatic N) is 1. The average Bonchev–Trinajstić information content (AvgIpc) is 2.28. The van der Waals surface area contributed by atoms with Crippen LogP contribution in [-0.2, 0) is 0 Å². The molecule has 84 valence electrons. The van der Waals surface area contributed by atoms with Gasteiger partial charge in [-0.1, -0.05) is 6.07 Å². The molecule has 1 aliphatic heterocycles. The van der Waals surface area contributed by atoms with Gasteiger partial charge in [0.1, 0.15) is 11.2 Å². The third-order valence-electron chi connectivity index (χ3n) is 2.83. The van der Waals surface area contributed by atoms with Crippen LogP contribution in [0.1, 0.15) is 11.1 Å². The van der Waals surface area contributed by atoms with Crippen molar-refractivity contribution in [2.75, 3.05) is 0 Å². The standard InChI is InChI=1S/C14H11NO2/c1-8-3-4-13-10(5-8)15-11-6-9(2)12(16)7-14(11)17-13/h3-7H,1-2H3. The van der Waals surface area contributed by atoms with E-state index in [1.54, 1.807) is 13.0 Å². The third kappa shape index (κ3) is 1.60. The predicted molar refractivity (Wildman–Crippen MR) is 66.4 cm³/mol. The van der Waals surface area contributed by atoms with Crippen LogP contribution in [0.2, 0.25) is 0 Å². The highest BCUT2D eigenvalue weighted by atomic mass is 16.3. The molecule has 0 N–H and O–H groups in total. The van der Waals surface area contributed by atoms with E-state index in [-0.39, 0.29) is 5.43 Å². The lowest BCUT2D eigenvalue weighted by Gasteiger charge is -2.06. The number of fused-ring (bicyclic) bond motifs is 2. The molecule has 1 heterocycles. The van der Waals surface area contributed by atoms with Gasteiger partial charge in [-0.15, -0.1) is 0 Å². The predicted octanol–water partition coefficient (Wildman–Crippen LogP) is 2.91. The van der Waals surface area contributed by atoms with Crippen LogP contribution in [0, 0.1) is 13.8 Å². The number of aryl methyl sites for hydroxylation is 2. The van der Waals surface area contributed by atoms with E-state index in [0.717, 1.165) is 16.8 Å². The van der Waals surface area contributed by atoms with Crippen LogP contribution in [0.15, 0.2) is 39.5 Å². The first-order valence-corrected chi connectivity index (χ1v) is 5.45. The van der Waals surface area contributed by atoms with Crippen molar-refractivity contribution < 1.29 is 4.42 Å². The maximum atomic E-state index is 11.5. The smallest absolute Gasteiger partial charge is 0.185 e. The molecule has 0 amide bonds. The summed E-state index contributed by atoms with van der Waals surface area (Å²) in [6.45, 7) is 3.79. The van der Waals surface area contributed by atoms with Gasteiger partial charge >= 0.3 is 0 Å². The molecule has 1 aromatic carbocycles. The van der Waals surface area contributed by atoms with Gasteiger partial charge in [-0.05, 0) is 43.2 Å². The Hall–Kier alpha value is -2.16. The zero-order chi connectivity index (χ0) is 12.0. The van der Waals surface area contributed by atoms with Gasteiger partial charge in [-0.25, -0.2) is 4.98 Å². The Morgan fingerprint density at radius 1 is 1.12 bits per heavy atom. The highest BCUT2D eigenvalue weighted by Crippen LogP contribution is 2.24. The first kappa shape index (κ1) is 10.0. The molecule has 3 nitrogen and oxygen atoms in total. The van der Waals surface area contributed by atoms with E-state index in [1.165, 1.54) is 6.07 Å². The number of hydrogen-bond acceptors (Lipinski definition) is 3. The highest BCUT2D eigenvalue weighted by molar-refractivity contribution is 5.76. The fourth-order valence-corrected chi connectivity index (χ4v) is 1.87. The van der Waals surface area contributed by atoms with Crippen LogP contribution in [0.4, 0.5) is 0 Å². The summed E-state index contributed by atoms with van der Waals surface area (Å²) in [6.07, 6.45) is 0. The molecule has 0 atom stereocenters. The third-order valence-corrected chi connectivity index (χ3v) is 2.83. The van der Waals surface area contributed by atoms with Crippen molar-refractivity contribution in [3.63, 3.8) is 0 Å². The number of aromatic nitrogens is 1. The molecule has 17 heavy (non-hydrogen) atoms. The molecule has 1 aliphatic carbocycles. The Balaban J connectivity index is 2.45. The molecule has 0 bridgehead atoms. The Morgan fingerprint density at radius 2 is 1.94 bits per heavy atom. The van der Waals surface area contributed by atoms with Gasteiger partial charge in [0, 0.05) is 6.07 Å². The highest BCUT2D eigenvalue weighted by Gasteiger charge is 2.10. The van der Waals surface area contributed by atoms with E-state index < -0.39 is 0 Å². The summed E-state index contributed by atoms with van der Waals surface area (Å²) in [5.41, 5.74) is 4.04. The van der Waals surface area contributed by atoms with Gasteiger partial charge in [-0.3, -0.25) is 4.79 Å². The molecular formula is C14H11NO2. The molecule has 0 saturated heterocycles. The summed E-state index contributed by atoms with van der Waals surface area (Å²) < 4.78 is 5.67. The molecule has 0 radical (unpaired) electrons. The van der Waals surface area contributed by atoms with E-state index in [9.17, 15) is 4.79 Å². The minimum Gasteiger partial charge on any atom is -0.453 e. The molecule has 0 aromatic heterocycles. The molecule has 0 spiro atoms. The summed E-state index contributed by atoms with van der Waals surface area (Å²) in [5, 5.41) is 0. The first-order chi connectivity index (χ1) is 8.13. The SMILES string of the molecule is Cc1ccc2oc3cc(=O)c(C)cc-3nc2c1. The maximum Gasteiger partial charge on any atom is 0.185 e. The fraction of sp³-hybridized carbons (Fsp3) is 0.143. The van der Waals surface area contributed by atoms with Gasteiger partial charge in [0.2, 0.25) is 0 Å². The molecule has 0 unspecified atom stereocenters. The molecule has 3 rings (SSSR count). The fourth-order valence-electron chi connectivity index (χ4n) is 1.87. The van der Waals surface area contributed by atoms with Crippen LogP contribution in [0.25, 0.3) is 22.6 Å². The van der Waals surface area contributed by atoms with Crippen LogP contribution < -0.4 is 5.43 Å². The summed E-state index contributed by atoms with van der Waals surface area (Å²) >= 11 is 0. The summed E-state index contributed by atoms with van der Waals surface area (Å²) in [7, 11) is 0. The normalized spacial score (nSPS) is 11.2. The van der Waals surface area contributed by atoms with Crippen LogP contribution in [0.5, 0.6) is 0 Å². The molecular weight excluding hydrogens is 214 g/mol. The van der Waals surface area contributed by atoms with Gasteiger partial charge in [0.15, 0.2) is 16.8 Å². The van der Waals surface area contributed by atoms with Gasteiger partial charge in [0.05, 0.1) is 0 Å². The minimum absolute atomic E-state index is 0.0190. The van der Waals surface area contributed by atoms with E-state index >= 15 is 0 Å². The number of rotatable bonds is 0. The van der Waals surface area contributed by atoms with E-state index in [1.807, 2.05) is 25.1 Å². The van der Waals surface area contributed by atoms with Crippen molar-refractivity contribution in [2.45, 2.75) is 13.8 Å². The van der Waals surface area contributed by atoms with Crippen molar-refractivity contribution >= 4 is 11.1 Å². The minimum atomic E-state index is -0.0190. The largest absolute Gasteiger partial charge is 0.453 e. The Labute approximate surface area is 98.1 Å². The van der Waals surface area contributed by atoms with Gasteiger partial charge < -0.3 is 4.42 Å². The lowest BCUT2D eigenvalue weighted by atomic mass is 10.1. The number of benzene rings is 2. The summed E-state index contributed by atoms with van der Waals surface area (Å²) in [4.78, 5) is 16.0. The van der Waals surface area contributed by atoms with Crippen LogP contribution in [-0.4, -0.2) is 4.98 Å². The molecule has 2 aliphatic rings. The molecule has 0 saturated carbocycles. The van der Waals surface area contributed by atoms with Crippen molar-refractivity contribution in [1.29, 1.82) is 0 Å². The lowest BCUT2D eigenvalue weighted by molar-refractivity contribution is 0.612. The Bertz CT molecular complexity index is 743. The first-order valence-electron chi connectivity index (χ1n) is 5.45. The van der Waals surface area contributed by atoms with E-state index in [2.05, 4.69) is 4.98 Å². The van der Waals surface area contributed by atoms with Crippen molar-refractivity contribution in [3.05, 3.63) is 51.7 Å². The average molecular weight is 225 g/mol. The van der Waals surface area contributed by atoms with E-state index in [0.29, 0.717) is 16.9 Å². The molecule has 1 aromatic rings. The summed E-state index contributed by atoms with van der Waals surface area (Å²) in [6, 6.07) is 9.08.